The highest BCUT2D eigenvalue weighted by atomic mass is 32.2. The number of ether oxygens (including phenoxy) is 1. The Hall–Kier alpha value is -1.10. The molecule has 4 nitrogen and oxygen atoms in total. The molecule has 0 amide bonds. The smallest absolute Gasteiger partial charge is 0.306 e. The number of fused-ring (bicyclic) bond motifs is 6. The maximum atomic E-state index is 12.2. The molecule has 0 aromatic heterocycles. The Bertz CT molecular complexity index is 818. The van der Waals surface area contributed by atoms with E-state index in [4.69, 9.17) is 4.74 Å². The summed E-state index contributed by atoms with van der Waals surface area (Å²) < 4.78 is 6.06. The van der Waals surface area contributed by atoms with Gasteiger partial charge in [0.25, 0.3) is 0 Å². The quantitative estimate of drug-likeness (QED) is 0.572. The molecule has 5 aliphatic rings. The standard InChI is InChI=1S/C24H32O4S/c1-14(25)29-19-13-15-12-16(26)4-8-22(15,2)17-5-9-23(3)18(21(17)19)6-10-24(23)11-7-20(27)28-24/h12,17-19,21H,4-11,13H2,1-3H3/t17-,18+,19?,21-,22+,23+,24+/m1/s1. The van der Waals surface area contributed by atoms with Crippen LogP contribution in [0.5, 0.6) is 0 Å². The minimum atomic E-state index is -0.287. The molecule has 5 rings (SSSR count). The van der Waals surface area contributed by atoms with Crippen molar-refractivity contribution in [3.05, 3.63) is 11.6 Å². The summed E-state index contributed by atoms with van der Waals surface area (Å²) in [4.78, 5) is 36.4. The molecule has 5 heteroatoms. The molecule has 7 atom stereocenters. The molecule has 4 aliphatic carbocycles. The number of carbonyl (C=O) groups is 3. The van der Waals surface area contributed by atoms with Crippen LogP contribution in [0.2, 0.25) is 0 Å². The number of ketones is 1. The summed E-state index contributed by atoms with van der Waals surface area (Å²) >= 11 is 1.50. The molecule has 0 aromatic rings. The van der Waals surface area contributed by atoms with Crippen molar-refractivity contribution in [2.24, 2.45) is 28.6 Å². The topological polar surface area (TPSA) is 60.4 Å². The highest BCUT2D eigenvalue weighted by Crippen LogP contribution is 2.70. The van der Waals surface area contributed by atoms with E-state index in [1.54, 1.807) is 6.92 Å². The van der Waals surface area contributed by atoms with E-state index in [0.29, 0.717) is 30.6 Å². The van der Waals surface area contributed by atoms with Crippen LogP contribution >= 0.6 is 11.8 Å². The molecule has 29 heavy (non-hydrogen) atoms. The van der Waals surface area contributed by atoms with Crippen LogP contribution in [0.3, 0.4) is 0 Å². The first kappa shape index (κ1) is 19.8. The second-order valence-electron chi connectivity index (χ2n) is 10.7. The zero-order valence-corrected chi connectivity index (χ0v) is 18.6. The van der Waals surface area contributed by atoms with Crippen LogP contribution in [-0.4, -0.2) is 27.7 Å². The van der Waals surface area contributed by atoms with Gasteiger partial charge in [-0.05, 0) is 74.2 Å². The molecule has 1 heterocycles. The summed E-state index contributed by atoms with van der Waals surface area (Å²) in [6, 6.07) is 0. The lowest BCUT2D eigenvalue weighted by Crippen LogP contribution is -2.57. The molecule has 3 saturated carbocycles. The summed E-state index contributed by atoms with van der Waals surface area (Å²) in [6.07, 6.45) is 10.0. The van der Waals surface area contributed by atoms with Gasteiger partial charge < -0.3 is 4.74 Å². The fraction of sp³-hybridized carbons (Fsp3) is 0.792. The van der Waals surface area contributed by atoms with Crippen LogP contribution in [0.25, 0.3) is 0 Å². The zero-order chi connectivity index (χ0) is 20.6. The van der Waals surface area contributed by atoms with Crippen LogP contribution in [-0.2, 0) is 19.1 Å². The van der Waals surface area contributed by atoms with Crippen molar-refractivity contribution in [2.45, 2.75) is 89.4 Å². The molecule has 4 fully saturated rings. The largest absolute Gasteiger partial charge is 0.458 e. The number of esters is 1. The van der Waals surface area contributed by atoms with Crippen molar-refractivity contribution in [1.82, 2.24) is 0 Å². The van der Waals surface area contributed by atoms with Crippen LogP contribution in [0, 0.1) is 28.6 Å². The minimum Gasteiger partial charge on any atom is -0.458 e. The normalized spacial score (nSPS) is 48.6. The first-order valence-corrected chi connectivity index (χ1v) is 12.2. The highest BCUT2D eigenvalue weighted by molar-refractivity contribution is 8.14. The van der Waals surface area contributed by atoms with Crippen molar-refractivity contribution >= 4 is 28.6 Å². The van der Waals surface area contributed by atoms with E-state index < -0.39 is 0 Å². The lowest BCUT2D eigenvalue weighted by molar-refractivity contribution is -0.167. The Kier molecular flexibility index (Phi) is 4.41. The Morgan fingerprint density at radius 3 is 2.52 bits per heavy atom. The Balaban J connectivity index is 1.56. The molecule has 0 radical (unpaired) electrons. The minimum absolute atomic E-state index is 0.0119. The summed E-state index contributed by atoms with van der Waals surface area (Å²) in [5.41, 5.74) is 1.09. The summed E-state index contributed by atoms with van der Waals surface area (Å²) in [5.74, 6) is 1.67. The number of hydrogen-bond donors (Lipinski definition) is 0. The summed E-state index contributed by atoms with van der Waals surface area (Å²) in [7, 11) is 0. The third kappa shape index (κ3) is 2.68. The Morgan fingerprint density at radius 1 is 1.07 bits per heavy atom. The van der Waals surface area contributed by atoms with Gasteiger partial charge in [-0.3, -0.25) is 14.4 Å². The van der Waals surface area contributed by atoms with Crippen LogP contribution in [0.15, 0.2) is 11.6 Å². The number of thioether (sulfide) groups is 1. The second-order valence-corrected chi connectivity index (χ2v) is 12.1. The molecule has 1 unspecified atom stereocenters. The molecular formula is C24H32O4S. The maximum absolute atomic E-state index is 12.2. The summed E-state index contributed by atoms with van der Waals surface area (Å²) in [5, 5.41) is 0.409. The van der Waals surface area contributed by atoms with Crippen LogP contribution in [0.4, 0.5) is 0 Å². The number of carbonyl (C=O) groups excluding carboxylic acids is 3. The van der Waals surface area contributed by atoms with Gasteiger partial charge in [0.2, 0.25) is 0 Å². The van der Waals surface area contributed by atoms with Gasteiger partial charge in [0.05, 0.1) is 0 Å². The van der Waals surface area contributed by atoms with Gasteiger partial charge >= 0.3 is 5.97 Å². The molecular weight excluding hydrogens is 384 g/mol. The molecule has 0 aromatic carbocycles. The van der Waals surface area contributed by atoms with E-state index in [1.165, 1.54) is 17.3 Å². The van der Waals surface area contributed by atoms with E-state index in [9.17, 15) is 14.4 Å². The monoisotopic (exact) mass is 416 g/mol. The molecule has 1 aliphatic heterocycles. The van der Waals surface area contributed by atoms with Crippen molar-refractivity contribution in [2.75, 3.05) is 0 Å². The van der Waals surface area contributed by atoms with Crippen molar-refractivity contribution in [1.29, 1.82) is 0 Å². The van der Waals surface area contributed by atoms with E-state index in [2.05, 4.69) is 13.8 Å². The second kappa shape index (κ2) is 6.45. The molecule has 0 N–H and O–H groups in total. The first-order chi connectivity index (χ1) is 13.7. The Labute approximate surface area is 177 Å². The molecule has 1 spiro atoms. The molecule has 158 valence electrons. The van der Waals surface area contributed by atoms with Crippen LogP contribution < -0.4 is 0 Å². The number of allylic oxidation sites excluding steroid dienone is 1. The number of hydrogen-bond acceptors (Lipinski definition) is 5. The summed E-state index contributed by atoms with van der Waals surface area (Å²) in [6.45, 7) is 6.42. The van der Waals surface area contributed by atoms with Gasteiger partial charge in [-0.25, -0.2) is 0 Å². The highest BCUT2D eigenvalue weighted by Gasteiger charge is 2.68. The van der Waals surface area contributed by atoms with E-state index in [1.807, 2.05) is 6.08 Å². The average Bonchev–Trinajstić information content (AvgIpc) is 3.17. The molecule has 1 saturated heterocycles. The fourth-order valence-corrected chi connectivity index (χ4v) is 9.36. The lowest BCUT2D eigenvalue weighted by Gasteiger charge is -2.61. The van der Waals surface area contributed by atoms with Gasteiger partial charge in [-0.1, -0.05) is 31.2 Å². The predicted molar refractivity (Wildman–Crippen MR) is 112 cm³/mol. The van der Waals surface area contributed by atoms with Gasteiger partial charge in [-0.2, -0.15) is 0 Å². The average molecular weight is 417 g/mol. The van der Waals surface area contributed by atoms with Gasteiger partial charge in [0.15, 0.2) is 10.9 Å². The van der Waals surface area contributed by atoms with Crippen molar-refractivity contribution in [3.63, 3.8) is 0 Å². The van der Waals surface area contributed by atoms with Crippen molar-refractivity contribution in [3.8, 4) is 0 Å². The predicted octanol–water partition coefficient (Wildman–Crippen LogP) is 4.85. The van der Waals surface area contributed by atoms with Gasteiger partial charge in [0, 0.05) is 30.4 Å². The molecule has 0 bridgehead atoms. The Morgan fingerprint density at radius 2 is 1.83 bits per heavy atom. The lowest BCUT2D eigenvalue weighted by atomic mass is 9.46. The maximum Gasteiger partial charge on any atom is 0.306 e. The van der Waals surface area contributed by atoms with Crippen LogP contribution in [0.1, 0.15) is 78.6 Å². The van der Waals surface area contributed by atoms with E-state index >= 15 is 0 Å². The van der Waals surface area contributed by atoms with E-state index in [-0.39, 0.29) is 38.5 Å². The SMILES string of the molecule is CC(=O)SC1CC2=CC(=O)CC[C@]2(C)[C@@H]2CC[C@@]3(C)[C@@H](CC[C@]34CCC(=O)O4)[C@H]12. The third-order valence-corrected chi connectivity index (χ3v) is 10.7. The van der Waals surface area contributed by atoms with E-state index in [0.717, 1.165) is 44.9 Å². The van der Waals surface area contributed by atoms with Gasteiger partial charge in [0.1, 0.15) is 5.60 Å². The number of rotatable bonds is 1. The van der Waals surface area contributed by atoms with Gasteiger partial charge in [-0.15, -0.1) is 0 Å². The fourth-order valence-electron chi connectivity index (χ4n) is 8.13. The first-order valence-electron chi connectivity index (χ1n) is 11.3. The van der Waals surface area contributed by atoms with Crippen molar-refractivity contribution < 1.29 is 19.1 Å². The zero-order valence-electron chi connectivity index (χ0n) is 17.8. The third-order valence-electron chi connectivity index (χ3n) is 9.61.